The maximum atomic E-state index is 6.48. The molecule has 1 saturated heterocycles. The molecule has 2 heterocycles. The summed E-state index contributed by atoms with van der Waals surface area (Å²) in [5.41, 5.74) is 1.02. The SMILES string of the molecule is CNC(c1cc2c(cc1Cl)OCCCO2)C1CCCCO1. The van der Waals surface area contributed by atoms with Crippen molar-refractivity contribution in [3.05, 3.63) is 22.7 Å². The van der Waals surface area contributed by atoms with Gasteiger partial charge < -0.3 is 19.5 Å². The van der Waals surface area contributed by atoms with E-state index in [-0.39, 0.29) is 12.1 Å². The molecule has 2 aliphatic heterocycles. The Morgan fingerprint density at radius 1 is 1.10 bits per heavy atom. The molecule has 1 aromatic rings. The predicted molar refractivity (Wildman–Crippen MR) is 82.5 cm³/mol. The fraction of sp³-hybridized carbons (Fsp3) is 0.625. The molecule has 1 aromatic carbocycles. The summed E-state index contributed by atoms with van der Waals surface area (Å²) in [4.78, 5) is 0. The molecular weight excluding hydrogens is 290 g/mol. The number of likely N-dealkylation sites (N-methyl/N-ethyl adjacent to an activating group) is 1. The van der Waals surface area contributed by atoms with E-state index in [9.17, 15) is 0 Å². The summed E-state index contributed by atoms with van der Waals surface area (Å²) in [6, 6.07) is 3.95. The number of ether oxygens (including phenoxy) is 3. The van der Waals surface area contributed by atoms with Crippen LogP contribution >= 0.6 is 11.6 Å². The molecule has 2 atom stereocenters. The second-order valence-corrected chi connectivity index (χ2v) is 5.95. The van der Waals surface area contributed by atoms with E-state index in [1.807, 2.05) is 19.2 Å². The lowest BCUT2D eigenvalue weighted by atomic mass is 9.95. The van der Waals surface area contributed by atoms with E-state index in [1.54, 1.807) is 0 Å². The van der Waals surface area contributed by atoms with Crippen molar-refractivity contribution < 1.29 is 14.2 Å². The van der Waals surface area contributed by atoms with Crippen molar-refractivity contribution in [2.45, 2.75) is 37.8 Å². The van der Waals surface area contributed by atoms with Gasteiger partial charge in [0.15, 0.2) is 11.5 Å². The molecule has 0 amide bonds. The Balaban J connectivity index is 1.90. The molecule has 1 N–H and O–H groups in total. The van der Waals surface area contributed by atoms with Crippen molar-refractivity contribution in [3.63, 3.8) is 0 Å². The summed E-state index contributed by atoms with van der Waals surface area (Å²) in [5, 5.41) is 4.05. The number of benzene rings is 1. The van der Waals surface area contributed by atoms with Gasteiger partial charge in [-0.3, -0.25) is 0 Å². The fourth-order valence-corrected chi connectivity index (χ4v) is 3.28. The number of hydrogen-bond donors (Lipinski definition) is 1. The van der Waals surface area contributed by atoms with Crippen molar-refractivity contribution in [2.24, 2.45) is 0 Å². The van der Waals surface area contributed by atoms with E-state index in [1.165, 1.54) is 6.42 Å². The van der Waals surface area contributed by atoms with Crippen LogP contribution in [0.2, 0.25) is 5.02 Å². The van der Waals surface area contributed by atoms with Crippen LogP contribution in [0, 0.1) is 0 Å². The van der Waals surface area contributed by atoms with E-state index in [0.717, 1.165) is 42.9 Å². The summed E-state index contributed by atoms with van der Waals surface area (Å²) in [6.07, 6.45) is 4.44. The maximum absolute atomic E-state index is 6.48. The molecule has 0 bridgehead atoms. The molecule has 0 spiro atoms. The summed E-state index contributed by atoms with van der Waals surface area (Å²) in [6.45, 7) is 2.17. The van der Waals surface area contributed by atoms with Crippen LogP contribution in [0.3, 0.4) is 0 Å². The topological polar surface area (TPSA) is 39.7 Å². The first kappa shape index (κ1) is 14.9. The Hall–Kier alpha value is -0.970. The van der Waals surface area contributed by atoms with Gasteiger partial charge >= 0.3 is 0 Å². The van der Waals surface area contributed by atoms with Crippen LogP contribution in [0.25, 0.3) is 0 Å². The minimum atomic E-state index is 0.0787. The monoisotopic (exact) mass is 311 g/mol. The van der Waals surface area contributed by atoms with Gasteiger partial charge in [0.1, 0.15) is 0 Å². The lowest BCUT2D eigenvalue weighted by Crippen LogP contribution is -2.34. The van der Waals surface area contributed by atoms with Crippen molar-refractivity contribution in [3.8, 4) is 11.5 Å². The van der Waals surface area contributed by atoms with Crippen LogP contribution in [0.15, 0.2) is 12.1 Å². The highest BCUT2D eigenvalue weighted by molar-refractivity contribution is 6.31. The van der Waals surface area contributed by atoms with Gasteiger partial charge in [-0.1, -0.05) is 11.6 Å². The van der Waals surface area contributed by atoms with Gasteiger partial charge in [-0.05, 0) is 37.9 Å². The minimum Gasteiger partial charge on any atom is -0.490 e. The van der Waals surface area contributed by atoms with Crippen LogP contribution in [-0.2, 0) is 4.74 Å². The first-order valence-electron chi connectivity index (χ1n) is 7.67. The first-order chi connectivity index (χ1) is 10.3. The number of fused-ring (bicyclic) bond motifs is 1. The van der Waals surface area contributed by atoms with E-state index in [2.05, 4.69) is 5.32 Å². The van der Waals surface area contributed by atoms with Gasteiger partial charge in [0.2, 0.25) is 0 Å². The molecule has 0 aromatic heterocycles. The van der Waals surface area contributed by atoms with Crippen molar-refractivity contribution >= 4 is 11.6 Å². The zero-order valence-corrected chi connectivity index (χ0v) is 13.1. The summed E-state index contributed by atoms with van der Waals surface area (Å²) in [5.74, 6) is 1.52. The van der Waals surface area contributed by atoms with Crippen molar-refractivity contribution in [1.29, 1.82) is 0 Å². The highest BCUT2D eigenvalue weighted by atomic mass is 35.5. The zero-order valence-electron chi connectivity index (χ0n) is 12.4. The molecule has 5 heteroatoms. The quantitative estimate of drug-likeness (QED) is 0.929. The van der Waals surface area contributed by atoms with Gasteiger partial charge in [-0.2, -0.15) is 0 Å². The Morgan fingerprint density at radius 2 is 1.86 bits per heavy atom. The predicted octanol–water partition coefficient (Wildman–Crippen LogP) is 3.33. The summed E-state index contributed by atoms with van der Waals surface area (Å²) in [7, 11) is 1.95. The van der Waals surface area contributed by atoms with Crippen LogP contribution in [0.4, 0.5) is 0 Å². The third kappa shape index (κ3) is 3.28. The molecule has 0 radical (unpaired) electrons. The van der Waals surface area contributed by atoms with E-state index in [0.29, 0.717) is 18.2 Å². The van der Waals surface area contributed by atoms with E-state index >= 15 is 0 Å². The maximum Gasteiger partial charge on any atom is 0.162 e. The highest BCUT2D eigenvalue weighted by Crippen LogP contribution is 2.39. The first-order valence-corrected chi connectivity index (χ1v) is 8.05. The zero-order chi connectivity index (χ0) is 14.7. The Kier molecular flexibility index (Phi) is 4.88. The molecule has 0 saturated carbocycles. The van der Waals surface area contributed by atoms with E-state index < -0.39 is 0 Å². The highest BCUT2D eigenvalue weighted by Gasteiger charge is 2.28. The largest absolute Gasteiger partial charge is 0.490 e. The smallest absolute Gasteiger partial charge is 0.162 e. The second-order valence-electron chi connectivity index (χ2n) is 5.54. The summed E-state index contributed by atoms with van der Waals surface area (Å²) < 4.78 is 17.4. The molecule has 2 unspecified atom stereocenters. The Labute approximate surface area is 130 Å². The van der Waals surface area contributed by atoms with Crippen molar-refractivity contribution in [1.82, 2.24) is 5.32 Å². The number of halogens is 1. The van der Waals surface area contributed by atoms with Gasteiger partial charge in [0.05, 0.1) is 25.4 Å². The molecule has 0 aliphatic carbocycles. The number of rotatable bonds is 3. The van der Waals surface area contributed by atoms with Crippen LogP contribution in [0.1, 0.15) is 37.3 Å². The molecule has 1 fully saturated rings. The Bertz CT molecular complexity index is 489. The lowest BCUT2D eigenvalue weighted by molar-refractivity contribution is -0.00664. The van der Waals surface area contributed by atoms with Gasteiger partial charge in [0.25, 0.3) is 0 Å². The normalized spacial score (nSPS) is 23.4. The molecule has 116 valence electrons. The standard InChI is InChI=1S/C16H22ClNO3/c1-18-16(13-5-2-3-6-19-13)11-9-14-15(10-12(11)17)21-8-4-7-20-14/h9-10,13,16,18H,2-8H2,1H3. The Morgan fingerprint density at radius 3 is 2.52 bits per heavy atom. The lowest BCUT2D eigenvalue weighted by Gasteiger charge is -2.31. The number of hydrogen-bond acceptors (Lipinski definition) is 4. The van der Waals surface area contributed by atoms with Gasteiger partial charge in [-0.25, -0.2) is 0 Å². The van der Waals surface area contributed by atoms with Gasteiger partial charge in [-0.15, -0.1) is 0 Å². The second kappa shape index (κ2) is 6.86. The average molecular weight is 312 g/mol. The number of nitrogens with one attached hydrogen (secondary N) is 1. The minimum absolute atomic E-state index is 0.0787. The molecule has 2 aliphatic rings. The molecule has 4 nitrogen and oxygen atoms in total. The molecule has 3 rings (SSSR count). The van der Waals surface area contributed by atoms with E-state index in [4.69, 9.17) is 25.8 Å². The third-order valence-electron chi connectivity index (χ3n) is 4.10. The van der Waals surface area contributed by atoms with Crippen LogP contribution < -0.4 is 14.8 Å². The average Bonchev–Trinajstić information content (AvgIpc) is 2.74. The van der Waals surface area contributed by atoms with Crippen LogP contribution in [-0.4, -0.2) is 33.0 Å². The van der Waals surface area contributed by atoms with Crippen LogP contribution in [0.5, 0.6) is 11.5 Å². The van der Waals surface area contributed by atoms with Crippen molar-refractivity contribution in [2.75, 3.05) is 26.9 Å². The fourth-order valence-electron chi connectivity index (χ4n) is 3.01. The van der Waals surface area contributed by atoms with Gasteiger partial charge in [0, 0.05) is 24.1 Å². The molecular formula is C16H22ClNO3. The summed E-state index contributed by atoms with van der Waals surface area (Å²) >= 11 is 6.48. The molecule has 21 heavy (non-hydrogen) atoms. The third-order valence-corrected chi connectivity index (χ3v) is 4.43.